The van der Waals surface area contributed by atoms with Crippen LogP contribution < -0.4 is 5.32 Å². The quantitative estimate of drug-likeness (QED) is 0.696. The van der Waals surface area contributed by atoms with Crippen LogP contribution in [-0.2, 0) is 20.1 Å². The molecule has 1 atom stereocenters. The Kier molecular flexibility index (Phi) is 7.48. The SMILES string of the molecule is Cc1ccc(CSCC(=O)O[C@H](C)C(=O)Nc2ccc(Cl)cc2F)cc1. The lowest BCUT2D eigenvalue weighted by Gasteiger charge is -2.14. The molecule has 2 rings (SSSR count). The summed E-state index contributed by atoms with van der Waals surface area (Å²) in [5, 5.41) is 2.60. The average Bonchev–Trinajstić information content (AvgIpc) is 2.59. The molecule has 0 unspecified atom stereocenters. The third-order valence-electron chi connectivity index (χ3n) is 3.48. The molecule has 26 heavy (non-hydrogen) atoms. The van der Waals surface area contributed by atoms with Crippen molar-refractivity contribution in [2.45, 2.75) is 25.7 Å². The first kappa shape index (κ1) is 20.3. The molecule has 0 saturated carbocycles. The summed E-state index contributed by atoms with van der Waals surface area (Å²) in [4.78, 5) is 23.9. The highest BCUT2D eigenvalue weighted by Gasteiger charge is 2.19. The van der Waals surface area contributed by atoms with Gasteiger partial charge >= 0.3 is 5.97 Å². The minimum atomic E-state index is -1.03. The van der Waals surface area contributed by atoms with Gasteiger partial charge in [-0.15, -0.1) is 11.8 Å². The predicted molar refractivity (Wildman–Crippen MR) is 103 cm³/mol. The van der Waals surface area contributed by atoms with E-state index in [2.05, 4.69) is 5.32 Å². The van der Waals surface area contributed by atoms with Gasteiger partial charge < -0.3 is 10.1 Å². The van der Waals surface area contributed by atoms with Gasteiger partial charge in [0.05, 0.1) is 11.4 Å². The highest BCUT2D eigenvalue weighted by Crippen LogP contribution is 2.19. The molecule has 4 nitrogen and oxygen atoms in total. The maximum absolute atomic E-state index is 13.7. The van der Waals surface area contributed by atoms with Gasteiger partial charge in [0.1, 0.15) is 5.82 Å². The fourth-order valence-electron chi connectivity index (χ4n) is 2.05. The molecular weight excluding hydrogens is 377 g/mol. The molecule has 0 aliphatic heterocycles. The van der Waals surface area contributed by atoms with Gasteiger partial charge in [-0.1, -0.05) is 41.4 Å². The molecule has 0 saturated heterocycles. The molecular formula is C19H19ClFNO3S. The second kappa shape index (κ2) is 9.59. The van der Waals surface area contributed by atoms with Crippen molar-refractivity contribution in [3.8, 4) is 0 Å². The molecule has 7 heteroatoms. The summed E-state index contributed by atoms with van der Waals surface area (Å²) in [6.45, 7) is 3.45. The summed E-state index contributed by atoms with van der Waals surface area (Å²) in [6, 6.07) is 11.9. The van der Waals surface area contributed by atoms with E-state index in [1.807, 2.05) is 31.2 Å². The first-order valence-electron chi connectivity index (χ1n) is 7.94. The smallest absolute Gasteiger partial charge is 0.316 e. The highest BCUT2D eigenvalue weighted by atomic mass is 35.5. The Morgan fingerprint density at radius 1 is 1.23 bits per heavy atom. The lowest BCUT2D eigenvalue weighted by Crippen LogP contribution is -2.30. The molecule has 0 bridgehead atoms. The minimum Gasteiger partial charge on any atom is -0.452 e. The zero-order valence-corrected chi connectivity index (χ0v) is 16.0. The van der Waals surface area contributed by atoms with Crippen molar-refractivity contribution in [2.75, 3.05) is 11.1 Å². The van der Waals surface area contributed by atoms with Gasteiger partial charge in [-0.25, -0.2) is 4.39 Å². The number of ether oxygens (including phenoxy) is 1. The largest absolute Gasteiger partial charge is 0.452 e. The highest BCUT2D eigenvalue weighted by molar-refractivity contribution is 7.99. The number of amides is 1. The second-order valence-corrected chi connectivity index (χ2v) is 7.15. The van der Waals surface area contributed by atoms with Crippen LogP contribution in [0.15, 0.2) is 42.5 Å². The number of benzene rings is 2. The number of rotatable bonds is 7. The summed E-state index contributed by atoms with van der Waals surface area (Å²) < 4.78 is 18.8. The van der Waals surface area contributed by atoms with E-state index in [-0.39, 0.29) is 16.5 Å². The number of esters is 1. The van der Waals surface area contributed by atoms with Crippen LogP contribution in [0, 0.1) is 12.7 Å². The molecule has 0 spiro atoms. The lowest BCUT2D eigenvalue weighted by molar-refractivity contribution is -0.150. The number of carbonyl (C=O) groups is 2. The summed E-state index contributed by atoms with van der Waals surface area (Å²) in [5.74, 6) is -0.963. The molecule has 0 aliphatic carbocycles. The third-order valence-corrected chi connectivity index (χ3v) is 4.69. The van der Waals surface area contributed by atoms with Crippen LogP contribution >= 0.6 is 23.4 Å². The van der Waals surface area contributed by atoms with Gasteiger partial charge in [0.15, 0.2) is 6.10 Å². The number of aryl methyl sites for hydroxylation is 1. The van der Waals surface area contributed by atoms with Crippen molar-refractivity contribution in [3.05, 3.63) is 64.4 Å². The van der Waals surface area contributed by atoms with Crippen molar-refractivity contribution < 1.29 is 18.7 Å². The molecule has 2 aromatic rings. The van der Waals surface area contributed by atoms with Crippen LogP contribution in [0.3, 0.4) is 0 Å². The van der Waals surface area contributed by atoms with Gasteiger partial charge in [0, 0.05) is 10.8 Å². The number of halogens is 2. The number of hydrogen-bond donors (Lipinski definition) is 1. The van der Waals surface area contributed by atoms with E-state index in [0.29, 0.717) is 5.75 Å². The topological polar surface area (TPSA) is 55.4 Å². The Balaban J connectivity index is 1.76. The number of nitrogens with one attached hydrogen (secondary N) is 1. The van der Waals surface area contributed by atoms with Gasteiger partial charge in [-0.3, -0.25) is 9.59 Å². The van der Waals surface area contributed by atoms with Crippen molar-refractivity contribution in [2.24, 2.45) is 0 Å². The Labute approximate surface area is 161 Å². The third kappa shape index (κ3) is 6.35. The van der Waals surface area contributed by atoms with E-state index in [4.69, 9.17) is 16.3 Å². The Morgan fingerprint density at radius 3 is 2.58 bits per heavy atom. The molecule has 0 radical (unpaired) electrons. The van der Waals surface area contributed by atoms with E-state index in [0.717, 1.165) is 11.6 Å². The average molecular weight is 396 g/mol. The van der Waals surface area contributed by atoms with Crippen LogP contribution in [0.1, 0.15) is 18.1 Å². The number of thioether (sulfide) groups is 1. The Morgan fingerprint density at radius 2 is 1.92 bits per heavy atom. The maximum atomic E-state index is 13.7. The fraction of sp³-hybridized carbons (Fsp3) is 0.263. The van der Waals surface area contributed by atoms with E-state index < -0.39 is 23.8 Å². The minimum absolute atomic E-state index is 0.0176. The van der Waals surface area contributed by atoms with Gasteiger partial charge in [-0.05, 0) is 37.6 Å². The van der Waals surface area contributed by atoms with E-state index >= 15 is 0 Å². The zero-order valence-electron chi connectivity index (χ0n) is 14.4. The molecule has 0 heterocycles. The summed E-state index contributed by atoms with van der Waals surface area (Å²) in [7, 11) is 0. The Hall–Kier alpha value is -2.05. The standard InChI is InChI=1S/C19H19ClFNO3S/c1-12-3-5-14(6-4-12)10-26-11-18(23)25-13(2)19(24)22-17-8-7-15(20)9-16(17)21/h3-9,13H,10-11H2,1-2H3,(H,22,24)/t13-/m1/s1. The monoisotopic (exact) mass is 395 g/mol. The first-order valence-corrected chi connectivity index (χ1v) is 9.47. The fourth-order valence-corrected chi connectivity index (χ4v) is 2.97. The van der Waals surface area contributed by atoms with Crippen LogP contribution in [0.2, 0.25) is 5.02 Å². The van der Waals surface area contributed by atoms with E-state index in [9.17, 15) is 14.0 Å². The van der Waals surface area contributed by atoms with Crippen LogP contribution in [0.5, 0.6) is 0 Å². The molecule has 0 aromatic heterocycles. The molecule has 1 amide bonds. The normalized spacial score (nSPS) is 11.7. The molecule has 0 fully saturated rings. The second-order valence-electron chi connectivity index (χ2n) is 5.72. The Bertz CT molecular complexity index is 783. The molecule has 2 aromatic carbocycles. The van der Waals surface area contributed by atoms with E-state index in [1.54, 1.807) is 0 Å². The summed E-state index contributed by atoms with van der Waals surface area (Å²) in [5.41, 5.74) is 2.27. The van der Waals surface area contributed by atoms with Crippen molar-refractivity contribution in [1.29, 1.82) is 0 Å². The van der Waals surface area contributed by atoms with Crippen molar-refractivity contribution >= 4 is 40.9 Å². The van der Waals surface area contributed by atoms with Crippen LogP contribution in [-0.4, -0.2) is 23.7 Å². The first-order chi connectivity index (χ1) is 12.3. The molecule has 0 aliphatic rings. The maximum Gasteiger partial charge on any atom is 0.316 e. The number of hydrogen-bond acceptors (Lipinski definition) is 4. The zero-order chi connectivity index (χ0) is 19.1. The van der Waals surface area contributed by atoms with Crippen LogP contribution in [0.4, 0.5) is 10.1 Å². The van der Waals surface area contributed by atoms with Crippen LogP contribution in [0.25, 0.3) is 0 Å². The lowest BCUT2D eigenvalue weighted by atomic mass is 10.2. The number of anilines is 1. The summed E-state index contributed by atoms with van der Waals surface area (Å²) >= 11 is 7.06. The summed E-state index contributed by atoms with van der Waals surface area (Å²) in [6.07, 6.45) is -1.03. The predicted octanol–water partition coefficient (Wildman–Crippen LogP) is 4.59. The molecule has 138 valence electrons. The van der Waals surface area contributed by atoms with Crippen molar-refractivity contribution in [3.63, 3.8) is 0 Å². The molecule has 1 N–H and O–H groups in total. The van der Waals surface area contributed by atoms with Gasteiger partial charge in [0.25, 0.3) is 5.91 Å². The van der Waals surface area contributed by atoms with E-state index in [1.165, 1.54) is 36.4 Å². The van der Waals surface area contributed by atoms with Gasteiger partial charge in [-0.2, -0.15) is 0 Å². The van der Waals surface area contributed by atoms with Gasteiger partial charge in [0.2, 0.25) is 0 Å². The number of carbonyl (C=O) groups excluding carboxylic acids is 2. The van der Waals surface area contributed by atoms with Crippen molar-refractivity contribution in [1.82, 2.24) is 0 Å².